The molecule has 0 saturated carbocycles. The number of carbonyl (C=O) groups is 1. The highest BCUT2D eigenvalue weighted by Gasteiger charge is 2.43. The van der Waals surface area contributed by atoms with Gasteiger partial charge in [-0.3, -0.25) is 14.9 Å². The lowest BCUT2D eigenvalue weighted by Crippen LogP contribution is -2.61. The number of benzene rings is 1. The van der Waals surface area contributed by atoms with Crippen LogP contribution >= 0.6 is 0 Å². The van der Waals surface area contributed by atoms with Gasteiger partial charge in [0.15, 0.2) is 0 Å². The number of ether oxygens (including phenoxy) is 1. The van der Waals surface area contributed by atoms with Crippen LogP contribution in [0.2, 0.25) is 0 Å². The number of amides is 1. The second kappa shape index (κ2) is 9.68. The third kappa shape index (κ3) is 5.28. The Bertz CT molecular complexity index is 1220. The van der Waals surface area contributed by atoms with Gasteiger partial charge in [-0.1, -0.05) is 19.9 Å². The third-order valence-electron chi connectivity index (χ3n) is 5.74. The number of hydrogen-bond acceptors (Lipinski definition) is 5. The Labute approximate surface area is 201 Å². The molecule has 1 amide bonds. The third-order valence-corrected chi connectivity index (χ3v) is 5.74. The molecule has 0 aliphatic heterocycles. The first-order valence-electron chi connectivity index (χ1n) is 11.4. The zero-order chi connectivity index (χ0) is 25.1. The summed E-state index contributed by atoms with van der Waals surface area (Å²) < 4.78 is 6.15. The lowest BCUT2D eigenvalue weighted by Gasteiger charge is -2.47. The zero-order valence-corrected chi connectivity index (χ0v) is 20.7. The first-order chi connectivity index (χ1) is 16.0. The monoisotopic (exact) mass is 460 g/mol. The first-order valence-corrected chi connectivity index (χ1v) is 11.4. The van der Waals surface area contributed by atoms with Crippen LogP contribution in [0.4, 0.5) is 4.79 Å². The SMILES string of the molecule is CC(C)C[C@@](C)(COc1ccc(-c2ccnc3ccncc23)cc1C#N)N(C(=O)O)C(C)(C)C. The molecule has 0 radical (unpaired) electrons. The van der Waals surface area contributed by atoms with Crippen LogP contribution in [0, 0.1) is 17.2 Å². The van der Waals surface area contributed by atoms with E-state index in [1.54, 1.807) is 30.7 Å². The molecule has 7 nitrogen and oxygen atoms in total. The molecule has 0 aliphatic carbocycles. The Morgan fingerprint density at radius 3 is 2.53 bits per heavy atom. The van der Waals surface area contributed by atoms with Crippen LogP contribution in [0.1, 0.15) is 53.5 Å². The van der Waals surface area contributed by atoms with Gasteiger partial charge in [-0.25, -0.2) is 4.79 Å². The van der Waals surface area contributed by atoms with Gasteiger partial charge in [-0.05, 0) is 75.4 Å². The van der Waals surface area contributed by atoms with E-state index in [4.69, 9.17) is 4.74 Å². The summed E-state index contributed by atoms with van der Waals surface area (Å²) in [6.07, 6.45) is 4.82. The molecule has 0 bridgehead atoms. The molecule has 3 aromatic rings. The van der Waals surface area contributed by atoms with Crippen LogP contribution in [-0.2, 0) is 0 Å². The number of nitriles is 1. The summed E-state index contributed by atoms with van der Waals surface area (Å²) in [5.74, 6) is 0.682. The maximum atomic E-state index is 12.2. The van der Waals surface area contributed by atoms with Gasteiger partial charge in [0, 0.05) is 29.5 Å². The van der Waals surface area contributed by atoms with Crippen molar-refractivity contribution in [2.75, 3.05) is 6.61 Å². The lowest BCUT2D eigenvalue weighted by atomic mass is 9.86. The van der Waals surface area contributed by atoms with E-state index in [1.807, 2.05) is 45.9 Å². The van der Waals surface area contributed by atoms with Gasteiger partial charge in [0.1, 0.15) is 18.4 Å². The van der Waals surface area contributed by atoms with E-state index < -0.39 is 17.2 Å². The van der Waals surface area contributed by atoms with Gasteiger partial charge < -0.3 is 9.84 Å². The van der Waals surface area contributed by atoms with Gasteiger partial charge in [0.05, 0.1) is 16.6 Å². The second-order valence-corrected chi connectivity index (χ2v) is 10.2. The molecule has 3 rings (SSSR count). The molecule has 1 aromatic carbocycles. The maximum Gasteiger partial charge on any atom is 0.408 e. The molecule has 1 N–H and O–H groups in total. The minimum absolute atomic E-state index is 0.130. The summed E-state index contributed by atoms with van der Waals surface area (Å²) in [6.45, 7) is 11.8. The van der Waals surface area contributed by atoms with Crippen LogP contribution in [0.15, 0.2) is 48.9 Å². The number of aromatic nitrogens is 2. The quantitative estimate of drug-likeness (QED) is 0.455. The largest absolute Gasteiger partial charge is 0.490 e. The number of rotatable bonds is 7. The second-order valence-electron chi connectivity index (χ2n) is 10.2. The van der Waals surface area contributed by atoms with Gasteiger partial charge in [-0.15, -0.1) is 0 Å². The number of carboxylic acid groups (broad SMARTS) is 1. The predicted octanol–water partition coefficient (Wildman–Crippen LogP) is 6.13. The molecule has 0 unspecified atom stereocenters. The standard InChI is InChI=1S/C27H32N4O3/c1-18(2)14-27(6,31(25(32)33)26(3,4)5)17-34-24-8-7-19(13-20(24)15-28)21-9-12-30-23-10-11-29-16-22(21)23/h7-13,16,18H,14,17H2,1-6H3,(H,32,33)/t27-/m0/s1. The van der Waals surface area contributed by atoms with Crippen LogP contribution < -0.4 is 4.74 Å². The van der Waals surface area contributed by atoms with Gasteiger partial charge >= 0.3 is 6.09 Å². The predicted molar refractivity (Wildman–Crippen MR) is 133 cm³/mol. The fourth-order valence-corrected chi connectivity index (χ4v) is 4.81. The Balaban J connectivity index is 1.96. The van der Waals surface area contributed by atoms with Crippen molar-refractivity contribution in [1.29, 1.82) is 5.26 Å². The van der Waals surface area contributed by atoms with E-state index in [9.17, 15) is 15.2 Å². The van der Waals surface area contributed by atoms with E-state index in [-0.39, 0.29) is 12.5 Å². The van der Waals surface area contributed by atoms with Crippen LogP contribution in [-0.4, -0.2) is 43.8 Å². The van der Waals surface area contributed by atoms with Gasteiger partial charge in [0.2, 0.25) is 0 Å². The molecule has 0 saturated heterocycles. The summed E-state index contributed by atoms with van der Waals surface area (Å²) in [5.41, 5.74) is 1.60. The Morgan fingerprint density at radius 2 is 1.91 bits per heavy atom. The van der Waals surface area contributed by atoms with Crippen molar-refractivity contribution in [3.8, 4) is 22.9 Å². The van der Waals surface area contributed by atoms with E-state index in [2.05, 4.69) is 29.9 Å². The normalized spacial score (nSPS) is 13.4. The first kappa shape index (κ1) is 25.0. The smallest absolute Gasteiger partial charge is 0.408 e. The van der Waals surface area contributed by atoms with Crippen LogP contribution in [0.25, 0.3) is 22.0 Å². The van der Waals surface area contributed by atoms with Crippen LogP contribution in [0.5, 0.6) is 5.75 Å². The summed E-state index contributed by atoms with van der Waals surface area (Å²) in [6, 6.07) is 11.4. The average Bonchev–Trinajstić information content (AvgIpc) is 2.75. The molecule has 1 atom stereocenters. The maximum absolute atomic E-state index is 12.2. The summed E-state index contributed by atoms with van der Waals surface area (Å²) in [4.78, 5) is 22.3. The molecule has 0 fully saturated rings. The zero-order valence-electron chi connectivity index (χ0n) is 20.7. The van der Waals surface area contributed by atoms with E-state index in [0.717, 1.165) is 22.0 Å². The highest BCUT2D eigenvalue weighted by molar-refractivity contribution is 5.93. The Hall–Kier alpha value is -3.66. The number of pyridine rings is 2. The van der Waals surface area contributed by atoms with E-state index in [1.165, 1.54) is 4.90 Å². The molecule has 0 aliphatic rings. The topological polar surface area (TPSA) is 99.3 Å². The molecule has 34 heavy (non-hydrogen) atoms. The number of fused-ring (bicyclic) bond motifs is 1. The van der Waals surface area contributed by atoms with Crippen molar-refractivity contribution in [2.45, 2.75) is 59.0 Å². The molecule has 2 aromatic heterocycles. The highest BCUT2D eigenvalue weighted by atomic mass is 16.5. The minimum atomic E-state index is -0.992. The fraction of sp³-hybridized carbons (Fsp3) is 0.407. The molecular formula is C27H32N4O3. The Kier molecular flexibility index (Phi) is 7.11. The average molecular weight is 461 g/mol. The summed E-state index contributed by atoms with van der Waals surface area (Å²) in [7, 11) is 0. The Morgan fingerprint density at radius 1 is 1.18 bits per heavy atom. The molecule has 2 heterocycles. The van der Waals surface area contributed by atoms with Crippen molar-refractivity contribution >= 4 is 17.0 Å². The van der Waals surface area contributed by atoms with Gasteiger partial charge in [0.25, 0.3) is 0 Å². The van der Waals surface area contributed by atoms with Crippen molar-refractivity contribution < 1.29 is 14.6 Å². The minimum Gasteiger partial charge on any atom is -0.490 e. The van der Waals surface area contributed by atoms with Crippen molar-refractivity contribution in [1.82, 2.24) is 14.9 Å². The highest BCUT2D eigenvalue weighted by Crippen LogP contribution is 2.34. The van der Waals surface area contributed by atoms with Gasteiger partial charge in [-0.2, -0.15) is 5.26 Å². The van der Waals surface area contributed by atoms with Crippen molar-refractivity contribution in [3.63, 3.8) is 0 Å². The van der Waals surface area contributed by atoms with Crippen molar-refractivity contribution in [3.05, 3.63) is 54.5 Å². The molecule has 7 heteroatoms. The molecular weight excluding hydrogens is 428 g/mol. The van der Waals surface area contributed by atoms with E-state index in [0.29, 0.717) is 17.7 Å². The molecule has 0 spiro atoms. The van der Waals surface area contributed by atoms with E-state index >= 15 is 0 Å². The van der Waals surface area contributed by atoms with Crippen LogP contribution in [0.3, 0.4) is 0 Å². The molecule has 178 valence electrons. The summed E-state index contributed by atoms with van der Waals surface area (Å²) in [5, 5.41) is 20.8. The number of nitrogens with zero attached hydrogens (tertiary/aromatic N) is 4. The lowest BCUT2D eigenvalue weighted by molar-refractivity contribution is -0.0109. The van der Waals surface area contributed by atoms with Crippen molar-refractivity contribution in [2.24, 2.45) is 5.92 Å². The number of hydrogen-bond donors (Lipinski definition) is 1. The summed E-state index contributed by atoms with van der Waals surface area (Å²) >= 11 is 0. The fourth-order valence-electron chi connectivity index (χ4n) is 4.81.